The molecule has 0 aliphatic rings. The summed E-state index contributed by atoms with van der Waals surface area (Å²) in [6.07, 6.45) is 0.973. The van der Waals surface area contributed by atoms with E-state index in [9.17, 15) is 0 Å². The molecule has 0 bridgehead atoms. The lowest BCUT2D eigenvalue weighted by atomic mass is 10.2. The molecule has 0 aliphatic heterocycles. The summed E-state index contributed by atoms with van der Waals surface area (Å²) in [6, 6.07) is 9.49. The number of rotatable bonds is 11. The van der Waals surface area contributed by atoms with E-state index in [1.807, 2.05) is 25.1 Å². The topological polar surface area (TPSA) is 39.7 Å². The zero-order valence-electron chi connectivity index (χ0n) is 15.5. The van der Waals surface area contributed by atoms with Crippen LogP contribution in [0.2, 0.25) is 10.0 Å². The molecule has 0 heterocycles. The average Bonchev–Trinajstić information content (AvgIpc) is 2.64. The van der Waals surface area contributed by atoms with Gasteiger partial charge in [-0.15, -0.1) is 0 Å². The highest BCUT2D eigenvalue weighted by atomic mass is 79.9. The van der Waals surface area contributed by atoms with E-state index in [1.165, 1.54) is 0 Å². The second-order valence-corrected chi connectivity index (χ2v) is 7.57. The predicted molar refractivity (Wildman–Crippen MR) is 114 cm³/mol. The quantitative estimate of drug-likeness (QED) is 0.412. The van der Waals surface area contributed by atoms with Gasteiger partial charge in [0.05, 0.1) is 21.1 Å². The van der Waals surface area contributed by atoms with Gasteiger partial charge in [-0.1, -0.05) is 29.3 Å². The van der Waals surface area contributed by atoms with E-state index in [0.29, 0.717) is 34.8 Å². The SMILES string of the molecule is CCOc1cc(CNCCCOC)cc(Br)c1OCc1ccc(Cl)c(Cl)c1. The number of hydrogen-bond acceptors (Lipinski definition) is 4. The fourth-order valence-corrected chi connectivity index (χ4v) is 3.41. The number of halogens is 3. The van der Waals surface area contributed by atoms with E-state index in [4.69, 9.17) is 37.4 Å². The molecule has 2 aromatic carbocycles. The zero-order valence-corrected chi connectivity index (χ0v) is 18.6. The van der Waals surface area contributed by atoms with Crippen molar-refractivity contribution in [2.45, 2.75) is 26.5 Å². The van der Waals surface area contributed by atoms with Gasteiger partial charge in [0, 0.05) is 20.3 Å². The maximum atomic E-state index is 6.07. The lowest BCUT2D eigenvalue weighted by Crippen LogP contribution is -2.16. The Morgan fingerprint density at radius 2 is 1.85 bits per heavy atom. The van der Waals surface area contributed by atoms with Crippen molar-refractivity contribution in [2.75, 3.05) is 26.9 Å². The molecule has 0 amide bonds. The second kappa shape index (κ2) is 11.8. The van der Waals surface area contributed by atoms with Crippen molar-refractivity contribution in [3.05, 3.63) is 56.0 Å². The van der Waals surface area contributed by atoms with Crippen LogP contribution in [0, 0.1) is 0 Å². The molecule has 0 aliphatic carbocycles. The molecule has 4 nitrogen and oxygen atoms in total. The first-order chi connectivity index (χ1) is 13.0. The predicted octanol–water partition coefficient (Wildman–Crippen LogP) is 5.86. The Bertz CT molecular complexity index is 743. The molecule has 27 heavy (non-hydrogen) atoms. The highest BCUT2D eigenvalue weighted by molar-refractivity contribution is 9.10. The number of ether oxygens (including phenoxy) is 3. The minimum absolute atomic E-state index is 0.365. The van der Waals surface area contributed by atoms with Crippen LogP contribution < -0.4 is 14.8 Å². The highest BCUT2D eigenvalue weighted by Crippen LogP contribution is 2.37. The summed E-state index contributed by atoms with van der Waals surface area (Å²) in [5.41, 5.74) is 2.05. The van der Waals surface area contributed by atoms with Crippen molar-refractivity contribution in [2.24, 2.45) is 0 Å². The van der Waals surface area contributed by atoms with Gasteiger partial charge < -0.3 is 19.5 Å². The molecule has 0 saturated heterocycles. The number of methoxy groups -OCH3 is 1. The third-order valence-corrected chi connectivity index (χ3v) is 5.10. The van der Waals surface area contributed by atoms with Gasteiger partial charge >= 0.3 is 0 Å². The summed E-state index contributed by atoms with van der Waals surface area (Å²) in [5.74, 6) is 1.38. The Labute approximate surface area is 179 Å². The van der Waals surface area contributed by atoms with Gasteiger partial charge in [-0.25, -0.2) is 0 Å². The van der Waals surface area contributed by atoms with E-state index in [1.54, 1.807) is 19.2 Å². The van der Waals surface area contributed by atoms with Crippen LogP contribution in [0.3, 0.4) is 0 Å². The highest BCUT2D eigenvalue weighted by Gasteiger charge is 2.13. The summed E-state index contributed by atoms with van der Waals surface area (Å²) < 4.78 is 17.7. The van der Waals surface area contributed by atoms with E-state index in [2.05, 4.69) is 21.2 Å². The van der Waals surface area contributed by atoms with Crippen LogP contribution in [0.4, 0.5) is 0 Å². The van der Waals surface area contributed by atoms with E-state index in [0.717, 1.165) is 41.7 Å². The van der Waals surface area contributed by atoms with Crippen molar-refractivity contribution in [1.29, 1.82) is 0 Å². The molecule has 2 rings (SSSR count). The van der Waals surface area contributed by atoms with Crippen molar-refractivity contribution in [3.63, 3.8) is 0 Å². The molecular formula is C20H24BrCl2NO3. The Morgan fingerprint density at radius 3 is 2.56 bits per heavy atom. The Balaban J connectivity index is 2.06. The van der Waals surface area contributed by atoms with Crippen LogP contribution in [-0.4, -0.2) is 26.9 Å². The minimum atomic E-state index is 0.365. The third-order valence-electron chi connectivity index (χ3n) is 3.77. The molecule has 0 fully saturated rings. The summed E-state index contributed by atoms with van der Waals surface area (Å²) in [6.45, 7) is 5.26. The largest absolute Gasteiger partial charge is 0.490 e. The summed E-state index contributed by atoms with van der Waals surface area (Å²) in [7, 11) is 1.71. The Kier molecular flexibility index (Phi) is 9.73. The van der Waals surface area contributed by atoms with Crippen molar-refractivity contribution < 1.29 is 14.2 Å². The van der Waals surface area contributed by atoms with Gasteiger partial charge in [-0.2, -0.15) is 0 Å². The zero-order chi connectivity index (χ0) is 19.6. The van der Waals surface area contributed by atoms with Gasteiger partial charge in [0.15, 0.2) is 11.5 Å². The molecule has 7 heteroatoms. The first kappa shape index (κ1) is 22.3. The first-order valence-corrected chi connectivity index (χ1v) is 10.3. The van der Waals surface area contributed by atoms with Gasteiger partial charge in [-0.3, -0.25) is 0 Å². The number of hydrogen-bond donors (Lipinski definition) is 1. The molecule has 0 spiro atoms. The second-order valence-electron chi connectivity index (χ2n) is 5.90. The van der Waals surface area contributed by atoms with Crippen LogP contribution in [-0.2, 0) is 17.9 Å². The maximum absolute atomic E-state index is 6.07. The van der Waals surface area contributed by atoms with Crippen molar-refractivity contribution >= 4 is 39.1 Å². The van der Waals surface area contributed by atoms with Crippen molar-refractivity contribution in [1.82, 2.24) is 5.32 Å². The molecule has 148 valence electrons. The van der Waals surface area contributed by atoms with E-state index in [-0.39, 0.29) is 0 Å². The molecular weight excluding hydrogens is 453 g/mol. The van der Waals surface area contributed by atoms with Gasteiger partial charge in [-0.05, 0) is 71.2 Å². The molecule has 0 unspecified atom stereocenters. The van der Waals surface area contributed by atoms with E-state index >= 15 is 0 Å². The Morgan fingerprint density at radius 1 is 1.04 bits per heavy atom. The lowest BCUT2D eigenvalue weighted by molar-refractivity contribution is 0.194. The molecule has 0 atom stereocenters. The molecule has 0 saturated carbocycles. The first-order valence-electron chi connectivity index (χ1n) is 8.76. The lowest BCUT2D eigenvalue weighted by Gasteiger charge is -2.16. The van der Waals surface area contributed by atoms with Gasteiger partial charge in [0.2, 0.25) is 0 Å². The average molecular weight is 477 g/mol. The Hall–Kier alpha value is -0.980. The van der Waals surface area contributed by atoms with Crippen LogP contribution in [0.15, 0.2) is 34.8 Å². The summed E-state index contributed by atoms with van der Waals surface area (Å²) >= 11 is 15.6. The molecule has 2 aromatic rings. The normalized spacial score (nSPS) is 10.9. The summed E-state index contributed by atoms with van der Waals surface area (Å²) in [5, 5.41) is 4.44. The third kappa shape index (κ3) is 7.16. The standard InChI is InChI=1S/C20H24BrCl2NO3/c1-3-26-19-11-15(12-24-7-4-8-25-2)9-16(21)20(19)27-13-14-5-6-17(22)18(23)10-14/h5-6,9-11,24H,3-4,7-8,12-13H2,1-2H3. The fourth-order valence-electron chi connectivity index (χ4n) is 2.49. The van der Waals surface area contributed by atoms with Crippen LogP contribution >= 0.6 is 39.1 Å². The van der Waals surface area contributed by atoms with Gasteiger partial charge in [0.1, 0.15) is 6.61 Å². The van der Waals surface area contributed by atoms with Crippen LogP contribution in [0.25, 0.3) is 0 Å². The number of nitrogens with one attached hydrogen (secondary N) is 1. The molecule has 0 radical (unpaired) electrons. The van der Waals surface area contributed by atoms with Gasteiger partial charge in [0.25, 0.3) is 0 Å². The van der Waals surface area contributed by atoms with Crippen LogP contribution in [0.5, 0.6) is 11.5 Å². The smallest absolute Gasteiger partial charge is 0.175 e. The maximum Gasteiger partial charge on any atom is 0.175 e. The number of benzene rings is 2. The molecule has 1 N–H and O–H groups in total. The van der Waals surface area contributed by atoms with Crippen LogP contribution in [0.1, 0.15) is 24.5 Å². The minimum Gasteiger partial charge on any atom is -0.490 e. The van der Waals surface area contributed by atoms with Crippen molar-refractivity contribution in [3.8, 4) is 11.5 Å². The van der Waals surface area contributed by atoms with E-state index < -0.39 is 0 Å². The fraction of sp³-hybridized carbons (Fsp3) is 0.400. The summed E-state index contributed by atoms with van der Waals surface area (Å²) in [4.78, 5) is 0. The monoisotopic (exact) mass is 475 g/mol. The molecule has 0 aromatic heterocycles.